The molecule has 0 unspecified atom stereocenters. The Bertz CT molecular complexity index is 1890. The van der Waals surface area contributed by atoms with Gasteiger partial charge in [0.05, 0.1) is 23.0 Å². The van der Waals surface area contributed by atoms with E-state index < -0.39 is 0 Å². The topological polar surface area (TPSA) is 268 Å². The molecule has 4 rings (SSSR count). The number of urea groups is 2. The third-order valence-corrected chi connectivity index (χ3v) is 8.42. The smallest absolute Gasteiger partial charge is 0.319 e. The maximum absolute atomic E-state index is 11.9. The number of amides is 6. The monoisotopic (exact) mass is 798 g/mol. The highest BCUT2D eigenvalue weighted by atomic mass is 16.2. The number of anilines is 5. The number of nitrogens with one attached hydrogen (secondary N) is 8. The zero-order valence-electron chi connectivity index (χ0n) is 33.8. The Morgan fingerprint density at radius 3 is 1.53 bits per heavy atom. The first-order valence-corrected chi connectivity index (χ1v) is 19.5. The first-order chi connectivity index (χ1) is 28.1. The lowest BCUT2D eigenvalue weighted by molar-refractivity contribution is 0.0955. The quantitative estimate of drug-likeness (QED) is 0.0574. The van der Waals surface area contributed by atoms with Gasteiger partial charge in [-0.05, 0) is 107 Å². The fourth-order valence-corrected chi connectivity index (χ4v) is 5.41. The summed E-state index contributed by atoms with van der Waals surface area (Å²) in [6, 6.07) is 13.8. The van der Waals surface area contributed by atoms with Crippen molar-refractivity contribution in [2.75, 3.05) is 74.2 Å². The number of rotatable bonds is 20. The van der Waals surface area contributed by atoms with Crippen LogP contribution in [0.15, 0.2) is 60.9 Å². The Labute approximate surface area is 340 Å². The molecule has 0 spiro atoms. The van der Waals surface area contributed by atoms with Gasteiger partial charge < -0.3 is 54.0 Å². The van der Waals surface area contributed by atoms with E-state index in [-0.39, 0.29) is 23.9 Å². The number of carbonyl (C=O) groups excluding carboxylic acids is 4. The first-order valence-electron chi connectivity index (χ1n) is 19.5. The molecule has 12 N–H and O–H groups in total. The van der Waals surface area contributed by atoms with Crippen LogP contribution in [-0.4, -0.2) is 90.6 Å². The summed E-state index contributed by atoms with van der Waals surface area (Å²) in [4.78, 5) is 64.5. The van der Waals surface area contributed by atoms with Gasteiger partial charge in [0.15, 0.2) is 0 Å². The molecule has 0 aliphatic carbocycles. The molecule has 4 aromatic rings. The largest absolute Gasteiger partial charge is 0.384 e. The molecule has 58 heavy (non-hydrogen) atoms. The molecule has 0 radical (unpaired) electrons. The molecule has 0 aromatic carbocycles. The number of carbonyl (C=O) groups is 4. The van der Waals surface area contributed by atoms with Crippen molar-refractivity contribution in [2.24, 2.45) is 0 Å². The van der Waals surface area contributed by atoms with Gasteiger partial charge in [-0.3, -0.25) is 9.59 Å². The Morgan fingerprint density at radius 2 is 1.07 bits per heavy atom. The second-order valence-corrected chi connectivity index (χ2v) is 12.9. The highest BCUT2D eigenvalue weighted by Gasteiger charge is 2.13. The van der Waals surface area contributed by atoms with Crippen LogP contribution in [0, 0.1) is 0 Å². The highest BCUT2D eigenvalue weighted by molar-refractivity contribution is 5.99. The maximum atomic E-state index is 11.9. The van der Waals surface area contributed by atoms with Crippen LogP contribution in [0.3, 0.4) is 0 Å². The lowest BCUT2D eigenvalue weighted by Crippen LogP contribution is -2.37. The minimum Gasteiger partial charge on any atom is -0.384 e. The number of aryl methyl sites for hydroxylation is 2. The van der Waals surface area contributed by atoms with Gasteiger partial charge in [-0.2, -0.15) is 0 Å². The SMILES string of the molecule is CCNc1nc(CCCCNC(=O)NCCc2ccc(N)nc2)ccc1C(=O)NC.CCNc1nc(CCCCNC(=O)Nc2ccc(N)nc2)ccc1C(=O)NC. The summed E-state index contributed by atoms with van der Waals surface area (Å²) in [6.45, 7) is 6.96. The predicted octanol–water partition coefficient (Wildman–Crippen LogP) is 3.71. The van der Waals surface area contributed by atoms with Crippen molar-refractivity contribution in [2.45, 2.75) is 58.8 Å². The molecule has 312 valence electrons. The number of unbranched alkanes of at least 4 members (excludes halogenated alkanes) is 2. The van der Waals surface area contributed by atoms with Crippen LogP contribution in [0.1, 0.15) is 77.2 Å². The van der Waals surface area contributed by atoms with E-state index in [4.69, 9.17) is 11.5 Å². The lowest BCUT2D eigenvalue weighted by Gasteiger charge is -2.11. The van der Waals surface area contributed by atoms with Crippen LogP contribution in [-0.2, 0) is 19.3 Å². The summed E-state index contributed by atoms with van der Waals surface area (Å²) in [5.41, 5.74) is 15.6. The van der Waals surface area contributed by atoms with Gasteiger partial charge in [-0.25, -0.2) is 29.5 Å². The molecule has 0 atom stereocenters. The van der Waals surface area contributed by atoms with Gasteiger partial charge in [0.1, 0.15) is 23.3 Å². The average Bonchev–Trinajstić information content (AvgIpc) is 3.22. The summed E-state index contributed by atoms with van der Waals surface area (Å²) in [5.74, 6) is 1.76. The minimum absolute atomic E-state index is 0.159. The average molecular weight is 799 g/mol. The van der Waals surface area contributed by atoms with Gasteiger partial charge in [-0.1, -0.05) is 6.07 Å². The van der Waals surface area contributed by atoms with Crippen molar-refractivity contribution in [1.29, 1.82) is 0 Å². The molecule has 0 aliphatic rings. The van der Waals surface area contributed by atoms with E-state index in [1.165, 1.54) is 6.20 Å². The zero-order chi connectivity index (χ0) is 42.1. The van der Waals surface area contributed by atoms with E-state index in [2.05, 4.69) is 62.5 Å². The molecule has 4 heterocycles. The fraction of sp³-hybridized carbons (Fsp3) is 0.400. The number of hydrogen-bond acceptors (Lipinski definition) is 12. The number of pyridine rings is 4. The Kier molecular flexibility index (Phi) is 20.0. The number of nitrogens with zero attached hydrogens (tertiary/aromatic N) is 4. The lowest BCUT2D eigenvalue weighted by atomic mass is 10.1. The zero-order valence-corrected chi connectivity index (χ0v) is 33.8. The summed E-state index contributed by atoms with van der Waals surface area (Å²) in [6.07, 6.45) is 8.85. The molecular formula is C40H58N14O4. The molecular weight excluding hydrogens is 741 g/mol. The van der Waals surface area contributed by atoms with Crippen LogP contribution in [0.2, 0.25) is 0 Å². The summed E-state index contributed by atoms with van der Waals surface area (Å²) >= 11 is 0. The van der Waals surface area contributed by atoms with Crippen molar-refractivity contribution < 1.29 is 19.2 Å². The molecule has 18 heteroatoms. The predicted molar refractivity (Wildman–Crippen MR) is 229 cm³/mol. The molecule has 4 aromatic heterocycles. The molecule has 18 nitrogen and oxygen atoms in total. The van der Waals surface area contributed by atoms with E-state index in [0.29, 0.717) is 79.2 Å². The van der Waals surface area contributed by atoms with Crippen LogP contribution >= 0.6 is 0 Å². The van der Waals surface area contributed by atoms with Gasteiger partial charge in [0.2, 0.25) is 0 Å². The van der Waals surface area contributed by atoms with Gasteiger partial charge in [-0.15, -0.1) is 0 Å². The van der Waals surface area contributed by atoms with Crippen molar-refractivity contribution >= 4 is 52.8 Å². The van der Waals surface area contributed by atoms with Crippen LogP contribution in [0.4, 0.5) is 38.5 Å². The van der Waals surface area contributed by atoms with Crippen LogP contribution < -0.4 is 54.0 Å². The molecule has 0 saturated heterocycles. The summed E-state index contributed by atoms with van der Waals surface area (Å²) in [5, 5.41) is 22.7. The number of aromatic nitrogens is 4. The van der Waals surface area contributed by atoms with Crippen molar-refractivity contribution in [1.82, 2.24) is 46.5 Å². The Morgan fingerprint density at radius 1 is 0.569 bits per heavy atom. The van der Waals surface area contributed by atoms with E-state index >= 15 is 0 Å². The maximum Gasteiger partial charge on any atom is 0.319 e. The summed E-state index contributed by atoms with van der Waals surface area (Å²) in [7, 11) is 3.20. The number of nitrogen functional groups attached to an aromatic ring is 2. The number of nitrogens with two attached hydrogens (primary N) is 2. The van der Waals surface area contributed by atoms with Gasteiger partial charge in [0, 0.05) is 64.4 Å². The molecule has 6 amide bonds. The van der Waals surface area contributed by atoms with E-state index in [1.54, 1.807) is 50.6 Å². The number of hydrogen-bond donors (Lipinski definition) is 10. The first kappa shape index (κ1) is 45.7. The third kappa shape index (κ3) is 16.6. The highest BCUT2D eigenvalue weighted by Crippen LogP contribution is 2.16. The third-order valence-electron chi connectivity index (χ3n) is 8.42. The van der Waals surface area contributed by atoms with Crippen molar-refractivity contribution in [3.05, 3.63) is 89.0 Å². The Balaban J connectivity index is 0.000000311. The van der Waals surface area contributed by atoms with E-state index in [1.807, 2.05) is 32.0 Å². The molecule has 0 bridgehead atoms. The molecule has 0 fully saturated rings. The van der Waals surface area contributed by atoms with Crippen molar-refractivity contribution in [3.63, 3.8) is 0 Å². The van der Waals surface area contributed by atoms with Crippen molar-refractivity contribution in [3.8, 4) is 0 Å². The standard InChI is InChI=1S/C21H31N7O2.C19H27N7O2/c1-3-24-19-17(20(29)23-2)9-8-16(28-19)6-4-5-12-25-21(30)26-13-11-15-7-10-18(22)27-14-15;1-3-22-17-15(18(27)21-2)9-7-13(25-17)6-4-5-11-23-19(28)26-14-8-10-16(20)24-12-14/h7-10,14H,3-6,11-13H2,1-2H3,(H2,22,27)(H,23,29)(H,24,28)(H2,25,26,30);7-10,12H,3-6,11H2,1-2H3,(H2,20,24)(H,21,27)(H,22,25)(H2,23,26,28). The second kappa shape index (κ2) is 25.4. The minimum atomic E-state index is -0.283. The molecule has 0 saturated carbocycles. The second-order valence-electron chi connectivity index (χ2n) is 12.9. The van der Waals surface area contributed by atoms with Crippen LogP contribution in [0.5, 0.6) is 0 Å². The van der Waals surface area contributed by atoms with Crippen LogP contribution in [0.25, 0.3) is 0 Å². The van der Waals surface area contributed by atoms with Gasteiger partial charge >= 0.3 is 12.1 Å². The van der Waals surface area contributed by atoms with Gasteiger partial charge in [0.25, 0.3) is 11.8 Å². The normalized spacial score (nSPS) is 10.3. The fourth-order valence-electron chi connectivity index (χ4n) is 5.41. The van der Waals surface area contributed by atoms with E-state index in [9.17, 15) is 19.2 Å². The Hall–Kier alpha value is -6.72. The summed E-state index contributed by atoms with van der Waals surface area (Å²) < 4.78 is 0. The molecule has 0 aliphatic heterocycles. The van der Waals surface area contributed by atoms with E-state index in [0.717, 1.165) is 55.5 Å².